The Labute approximate surface area is 140 Å². The number of hydrogen-bond acceptors (Lipinski definition) is 4. The second-order valence-electron chi connectivity index (χ2n) is 6.16. The van der Waals surface area contributed by atoms with Crippen LogP contribution in [0.1, 0.15) is 41.5 Å². The van der Waals surface area contributed by atoms with E-state index in [-0.39, 0.29) is 12.3 Å². The molecule has 0 unspecified atom stereocenters. The standard InChI is InChI=1S/C18H20N2O4/c1-11-15(12(2)24-19-11)10-20-16(21)9-8-14(18(22)23)17(20)13-6-4-3-5-7-13/h3-7,14,17H,8-10H2,1-2H3,(H,22,23)/t14-,17+/m1/s1. The predicted octanol–water partition coefficient (Wildman–Crippen LogP) is 2.86. The van der Waals surface area contributed by atoms with Crippen molar-refractivity contribution in [3.05, 3.63) is 52.9 Å². The van der Waals surface area contributed by atoms with E-state index in [4.69, 9.17) is 4.52 Å². The van der Waals surface area contributed by atoms with E-state index in [1.165, 1.54) is 0 Å². The quantitative estimate of drug-likeness (QED) is 0.933. The second kappa shape index (κ2) is 6.47. The van der Waals surface area contributed by atoms with Gasteiger partial charge in [-0.3, -0.25) is 9.59 Å². The molecule has 3 rings (SSSR count). The summed E-state index contributed by atoms with van der Waals surface area (Å²) < 4.78 is 5.18. The fourth-order valence-electron chi connectivity index (χ4n) is 3.36. The van der Waals surface area contributed by atoms with Crippen molar-refractivity contribution in [3.63, 3.8) is 0 Å². The molecule has 0 aliphatic carbocycles. The van der Waals surface area contributed by atoms with E-state index < -0.39 is 17.9 Å². The van der Waals surface area contributed by atoms with E-state index in [0.717, 1.165) is 16.8 Å². The Morgan fingerprint density at radius 1 is 1.33 bits per heavy atom. The van der Waals surface area contributed by atoms with Crippen molar-refractivity contribution < 1.29 is 19.2 Å². The molecule has 1 N–H and O–H groups in total. The van der Waals surface area contributed by atoms with Gasteiger partial charge in [0.1, 0.15) is 5.76 Å². The van der Waals surface area contributed by atoms with Gasteiger partial charge in [-0.25, -0.2) is 0 Å². The van der Waals surface area contributed by atoms with Crippen LogP contribution in [-0.4, -0.2) is 27.0 Å². The molecule has 0 saturated carbocycles. The highest BCUT2D eigenvalue weighted by Gasteiger charge is 2.41. The minimum absolute atomic E-state index is 0.0404. The van der Waals surface area contributed by atoms with Gasteiger partial charge in [-0.1, -0.05) is 35.5 Å². The van der Waals surface area contributed by atoms with Crippen LogP contribution in [0.3, 0.4) is 0 Å². The molecule has 6 heteroatoms. The highest BCUT2D eigenvalue weighted by Crippen LogP contribution is 2.38. The summed E-state index contributed by atoms with van der Waals surface area (Å²) in [5, 5.41) is 13.6. The lowest BCUT2D eigenvalue weighted by molar-refractivity contribution is -0.152. The van der Waals surface area contributed by atoms with Gasteiger partial charge < -0.3 is 14.5 Å². The molecule has 24 heavy (non-hydrogen) atoms. The zero-order valence-electron chi connectivity index (χ0n) is 13.7. The highest BCUT2D eigenvalue weighted by atomic mass is 16.5. The molecule has 2 heterocycles. The molecule has 1 aliphatic rings. The van der Waals surface area contributed by atoms with Gasteiger partial charge in [0.05, 0.1) is 24.2 Å². The van der Waals surface area contributed by atoms with Crippen LogP contribution < -0.4 is 0 Å². The maximum Gasteiger partial charge on any atom is 0.308 e. The largest absolute Gasteiger partial charge is 0.481 e. The number of amides is 1. The summed E-state index contributed by atoms with van der Waals surface area (Å²) in [6.07, 6.45) is 0.593. The van der Waals surface area contributed by atoms with E-state index in [1.54, 1.807) is 11.8 Å². The molecule has 0 bridgehead atoms. The lowest BCUT2D eigenvalue weighted by atomic mass is 9.84. The van der Waals surface area contributed by atoms with E-state index in [2.05, 4.69) is 5.16 Å². The number of carboxylic acid groups (broad SMARTS) is 1. The van der Waals surface area contributed by atoms with E-state index in [9.17, 15) is 14.7 Å². The molecule has 1 aromatic heterocycles. The zero-order chi connectivity index (χ0) is 17.3. The van der Waals surface area contributed by atoms with Crippen LogP contribution in [0.2, 0.25) is 0 Å². The SMILES string of the molecule is Cc1noc(C)c1CN1C(=O)CC[C@@H](C(=O)O)[C@@H]1c1ccccc1. The maximum absolute atomic E-state index is 12.6. The lowest BCUT2D eigenvalue weighted by Gasteiger charge is -2.39. The van der Waals surface area contributed by atoms with Gasteiger partial charge in [0.15, 0.2) is 0 Å². The van der Waals surface area contributed by atoms with Gasteiger partial charge in [0.2, 0.25) is 5.91 Å². The van der Waals surface area contributed by atoms with Gasteiger partial charge in [-0.15, -0.1) is 0 Å². The summed E-state index contributed by atoms with van der Waals surface area (Å²) in [4.78, 5) is 26.0. The number of carbonyl (C=O) groups is 2. The van der Waals surface area contributed by atoms with Gasteiger partial charge in [-0.2, -0.15) is 0 Å². The fraction of sp³-hybridized carbons (Fsp3) is 0.389. The van der Waals surface area contributed by atoms with Crippen molar-refractivity contribution in [3.8, 4) is 0 Å². The molecule has 1 amide bonds. The molecule has 126 valence electrons. The van der Waals surface area contributed by atoms with E-state index in [1.807, 2.05) is 37.3 Å². The van der Waals surface area contributed by atoms with Crippen LogP contribution in [0, 0.1) is 19.8 Å². The first kappa shape index (κ1) is 16.2. The maximum atomic E-state index is 12.6. The molecule has 0 radical (unpaired) electrons. The molecular weight excluding hydrogens is 308 g/mol. The molecule has 2 atom stereocenters. The number of nitrogens with zero attached hydrogens (tertiary/aromatic N) is 2. The number of rotatable bonds is 4. The van der Waals surface area contributed by atoms with Crippen LogP contribution in [0.4, 0.5) is 0 Å². The number of hydrogen-bond donors (Lipinski definition) is 1. The molecule has 1 saturated heterocycles. The van der Waals surface area contributed by atoms with Crippen LogP contribution in [-0.2, 0) is 16.1 Å². The molecule has 1 aromatic carbocycles. The van der Waals surface area contributed by atoms with Crippen molar-refractivity contribution in [2.75, 3.05) is 0 Å². The topological polar surface area (TPSA) is 83.6 Å². The Morgan fingerprint density at radius 3 is 2.62 bits per heavy atom. The van der Waals surface area contributed by atoms with Crippen molar-refractivity contribution >= 4 is 11.9 Å². The molecule has 1 fully saturated rings. The molecule has 6 nitrogen and oxygen atoms in total. The number of aryl methyl sites for hydroxylation is 2. The smallest absolute Gasteiger partial charge is 0.308 e. The highest BCUT2D eigenvalue weighted by molar-refractivity contribution is 5.81. The minimum Gasteiger partial charge on any atom is -0.481 e. The van der Waals surface area contributed by atoms with Crippen LogP contribution >= 0.6 is 0 Å². The third kappa shape index (κ3) is 2.91. The Bertz CT molecular complexity index is 734. The third-order valence-corrected chi connectivity index (χ3v) is 4.67. The Balaban J connectivity index is 2.01. The molecule has 0 spiro atoms. The van der Waals surface area contributed by atoms with Crippen LogP contribution in [0.15, 0.2) is 34.9 Å². The lowest BCUT2D eigenvalue weighted by Crippen LogP contribution is -2.45. The monoisotopic (exact) mass is 328 g/mol. The van der Waals surface area contributed by atoms with Crippen LogP contribution in [0.25, 0.3) is 0 Å². The second-order valence-corrected chi connectivity index (χ2v) is 6.16. The first-order chi connectivity index (χ1) is 11.5. The normalized spacial score (nSPS) is 21.1. The summed E-state index contributed by atoms with van der Waals surface area (Å²) in [7, 11) is 0. The number of carbonyl (C=O) groups excluding carboxylic acids is 1. The van der Waals surface area contributed by atoms with Gasteiger partial charge in [0, 0.05) is 12.0 Å². The Hall–Kier alpha value is -2.63. The fourth-order valence-corrected chi connectivity index (χ4v) is 3.36. The van der Waals surface area contributed by atoms with E-state index >= 15 is 0 Å². The minimum atomic E-state index is -0.875. The third-order valence-electron chi connectivity index (χ3n) is 4.67. The van der Waals surface area contributed by atoms with Crippen molar-refractivity contribution in [2.45, 2.75) is 39.3 Å². The number of likely N-dealkylation sites (tertiary alicyclic amines) is 1. The Morgan fingerprint density at radius 2 is 2.04 bits per heavy atom. The predicted molar refractivity (Wildman–Crippen MR) is 86.1 cm³/mol. The average Bonchev–Trinajstić information content (AvgIpc) is 2.88. The summed E-state index contributed by atoms with van der Waals surface area (Å²) in [6, 6.07) is 8.86. The van der Waals surface area contributed by atoms with E-state index in [0.29, 0.717) is 18.7 Å². The first-order valence-electron chi connectivity index (χ1n) is 7.98. The number of benzene rings is 1. The first-order valence-corrected chi connectivity index (χ1v) is 7.98. The summed E-state index contributed by atoms with van der Waals surface area (Å²) >= 11 is 0. The Kier molecular flexibility index (Phi) is 4.38. The molecule has 1 aliphatic heterocycles. The number of carboxylic acids is 1. The number of aliphatic carboxylic acids is 1. The summed E-state index contributed by atoms with van der Waals surface area (Å²) in [5.41, 5.74) is 2.41. The number of piperidine rings is 1. The number of aromatic nitrogens is 1. The molecular formula is C18H20N2O4. The van der Waals surface area contributed by atoms with Gasteiger partial charge in [-0.05, 0) is 25.8 Å². The van der Waals surface area contributed by atoms with Crippen molar-refractivity contribution in [1.29, 1.82) is 0 Å². The average molecular weight is 328 g/mol. The zero-order valence-corrected chi connectivity index (χ0v) is 13.7. The van der Waals surface area contributed by atoms with Crippen molar-refractivity contribution in [2.24, 2.45) is 5.92 Å². The van der Waals surface area contributed by atoms with Gasteiger partial charge >= 0.3 is 5.97 Å². The summed E-state index contributed by atoms with van der Waals surface area (Å²) in [5.74, 6) is -0.878. The van der Waals surface area contributed by atoms with Crippen molar-refractivity contribution in [1.82, 2.24) is 10.1 Å². The van der Waals surface area contributed by atoms with Crippen LogP contribution in [0.5, 0.6) is 0 Å². The molecule has 2 aromatic rings. The van der Waals surface area contributed by atoms with Gasteiger partial charge in [0.25, 0.3) is 0 Å². The summed E-state index contributed by atoms with van der Waals surface area (Å²) in [6.45, 7) is 3.94.